The van der Waals surface area contributed by atoms with Gasteiger partial charge in [-0.25, -0.2) is 4.79 Å². The molecule has 0 radical (unpaired) electrons. The molecule has 0 aliphatic heterocycles. The van der Waals surface area contributed by atoms with Crippen LogP contribution >= 0.6 is 0 Å². The van der Waals surface area contributed by atoms with Gasteiger partial charge in [-0.2, -0.15) is 0 Å². The van der Waals surface area contributed by atoms with Gasteiger partial charge in [-0.1, -0.05) is 77.4 Å². The highest BCUT2D eigenvalue weighted by molar-refractivity contribution is 6.06. The van der Waals surface area contributed by atoms with Gasteiger partial charge in [0, 0.05) is 16.8 Å². The van der Waals surface area contributed by atoms with Crippen molar-refractivity contribution in [3.05, 3.63) is 70.9 Å². The van der Waals surface area contributed by atoms with Crippen LogP contribution in [0.1, 0.15) is 80.6 Å². The first-order chi connectivity index (χ1) is 16.7. The molecule has 2 aromatic carbocycles. The third-order valence-electron chi connectivity index (χ3n) is 7.67. The molecular formula is C30H36N2O3. The number of nitrogens with zero attached hydrogens (tertiary/aromatic N) is 1. The number of hydrogen-bond acceptors (Lipinski definition) is 4. The smallest absolute Gasteiger partial charge is 0.339 e. The Bertz CT molecular complexity index is 1250. The number of aryl methyl sites for hydroxylation is 1. The molecule has 184 valence electrons. The van der Waals surface area contributed by atoms with Crippen molar-refractivity contribution < 1.29 is 14.3 Å². The molecule has 1 amide bonds. The molecule has 1 unspecified atom stereocenters. The van der Waals surface area contributed by atoms with E-state index in [1.165, 1.54) is 0 Å². The maximum atomic E-state index is 13.5. The maximum absolute atomic E-state index is 13.5. The van der Waals surface area contributed by atoms with E-state index in [4.69, 9.17) is 9.72 Å². The molecule has 1 heterocycles. The average molecular weight is 473 g/mol. The zero-order valence-corrected chi connectivity index (χ0v) is 21.5. The van der Waals surface area contributed by atoms with Gasteiger partial charge in [0.2, 0.25) is 0 Å². The first kappa shape index (κ1) is 24.9. The number of esters is 1. The number of nitrogens with one attached hydrogen (secondary N) is 1. The zero-order chi connectivity index (χ0) is 25.2. The number of fused-ring (bicyclic) bond motifs is 2. The lowest BCUT2D eigenvalue weighted by Crippen LogP contribution is -2.31. The summed E-state index contributed by atoms with van der Waals surface area (Å²) in [6.07, 6.45) is 3.78. The number of carbonyl (C=O) groups is 2. The number of rotatable bonds is 7. The normalized spacial score (nSPS) is 15.7. The van der Waals surface area contributed by atoms with Gasteiger partial charge in [-0.05, 0) is 59.8 Å². The van der Waals surface area contributed by atoms with Crippen LogP contribution in [0.15, 0.2) is 48.5 Å². The molecule has 0 spiro atoms. The van der Waals surface area contributed by atoms with E-state index >= 15 is 0 Å². The Labute approximate surface area is 208 Å². The van der Waals surface area contributed by atoms with Crippen molar-refractivity contribution in [2.75, 3.05) is 11.9 Å². The largest absolute Gasteiger partial charge is 0.452 e. The predicted octanol–water partition coefficient (Wildman–Crippen LogP) is 6.69. The van der Waals surface area contributed by atoms with Crippen LogP contribution < -0.4 is 5.32 Å². The summed E-state index contributed by atoms with van der Waals surface area (Å²) in [5.74, 6) is -0.0693. The Morgan fingerprint density at radius 1 is 1.11 bits per heavy atom. The monoisotopic (exact) mass is 472 g/mol. The quantitative estimate of drug-likeness (QED) is 0.389. The summed E-state index contributed by atoms with van der Waals surface area (Å²) < 4.78 is 5.61. The number of ether oxygens (including phenoxy) is 1. The predicted molar refractivity (Wildman–Crippen MR) is 141 cm³/mol. The molecule has 1 aliphatic rings. The van der Waals surface area contributed by atoms with Gasteiger partial charge in [0.1, 0.15) is 0 Å². The molecule has 0 fully saturated rings. The number of anilines is 1. The fourth-order valence-electron chi connectivity index (χ4n) is 5.08. The van der Waals surface area contributed by atoms with E-state index < -0.39 is 5.97 Å². The minimum atomic E-state index is -0.456. The summed E-state index contributed by atoms with van der Waals surface area (Å²) in [4.78, 5) is 31.0. The molecule has 0 saturated heterocycles. The third kappa shape index (κ3) is 5.24. The lowest BCUT2D eigenvalue weighted by atomic mass is 9.68. The molecule has 4 rings (SSSR count). The highest BCUT2D eigenvalue weighted by atomic mass is 16.5. The molecule has 1 aliphatic carbocycles. The number of hydrogen-bond donors (Lipinski definition) is 1. The van der Waals surface area contributed by atoms with Crippen LogP contribution in [0.5, 0.6) is 0 Å². The average Bonchev–Trinajstić information content (AvgIpc) is 2.85. The number of para-hydroxylation sites is 2. The van der Waals surface area contributed by atoms with Crippen LogP contribution in [-0.2, 0) is 22.4 Å². The summed E-state index contributed by atoms with van der Waals surface area (Å²) in [6.45, 7) is 10.6. The second-order valence-corrected chi connectivity index (χ2v) is 10.6. The Kier molecular flexibility index (Phi) is 7.25. The van der Waals surface area contributed by atoms with Crippen molar-refractivity contribution in [2.24, 2.45) is 11.3 Å². The highest BCUT2D eigenvalue weighted by Gasteiger charge is 2.34. The molecule has 1 aromatic heterocycles. The molecule has 35 heavy (non-hydrogen) atoms. The van der Waals surface area contributed by atoms with Crippen LogP contribution in [0.2, 0.25) is 0 Å². The van der Waals surface area contributed by atoms with Crippen molar-refractivity contribution in [1.29, 1.82) is 0 Å². The first-order valence-corrected chi connectivity index (χ1v) is 12.7. The van der Waals surface area contributed by atoms with Crippen LogP contribution in [0.25, 0.3) is 10.9 Å². The van der Waals surface area contributed by atoms with E-state index in [1.54, 1.807) is 0 Å². The molecule has 0 saturated carbocycles. The molecule has 0 bridgehead atoms. The van der Waals surface area contributed by atoms with Crippen LogP contribution in [0.4, 0.5) is 5.69 Å². The van der Waals surface area contributed by atoms with Gasteiger partial charge in [-0.15, -0.1) is 0 Å². The number of aromatic nitrogens is 1. The second-order valence-electron chi connectivity index (χ2n) is 10.6. The molecule has 1 N–H and O–H groups in total. The van der Waals surface area contributed by atoms with E-state index in [9.17, 15) is 9.59 Å². The van der Waals surface area contributed by atoms with Gasteiger partial charge in [0.25, 0.3) is 5.91 Å². The van der Waals surface area contributed by atoms with E-state index in [2.05, 4.69) is 39.9 Å². The van der Waals surface area contributed by atoms with E-state index in [-0.39, 0.29) is 23.8 Å². The van der Waals surface area contributed by atoms with Crippen LogP contribution in [-0.4, -0.2) is 23.5 Å². The van der Waals surface area contributed by atoms with Gasteiger partial charge < -0.3 is 10.1 Å². The number of pyridine rings is 1. The van der Waals surface area contributed by atoms with E-state index in [1.807, 2.05) is 48.5 Å². The maximum Gasteiger partial charge on any atom is 0.339 e. The highest BCUT2D eigenvalue weighted by Crippen LogP contribution is 2.41. The second kappa shape index (κ2) is 10.2. The molecule has 3 aromatic rings. The van der Waals surface area contributed by atoms with Crippen molar-refractivity contribution >= 4 is 28.5 Å². The summed E-state index contributed by atoms with van der Waals surface area (Å²) in [7, 11) is 0. The molecular weight excluding hydrogens is 436 g/mol. The fraction of sp³-hybridized carbons (Fsp3) is 0.433. The number of benzene rings is 2. The minimum Gasteiger partial charge on any atom is -0.452 e. The van der Waals surface area contributed by atoms with Crippen molar-refractivity contribution in [3.8, 4) is 0 Å². The van der Waals surface area contributed by atoms with Gasteiger partial charge in [-0.3, -0.25) is 9.78 Å². The topological polar surface area (TPSA) is 68.3 Å². The first-order valence-electron chi connectivity index (χ1n) is 12.7. The van der Waals surface area contributed by atoms with E-state index in [0.29, 0.717) is 11.5 Å². The zero-order valence-electron chi connectivity index (χ0n) is 21.5. The summed E-state index contributed by atoms with van der Waals surface area (Å²) in [5.41, 5.74) is 5.30. The molecule has 1 atom stereocenters. The number of carbonyl (C=O) groups excluding carboxylic acids is 2. The molecule has 5 nitrogen and oxygen atoms in total. The van der Waals surface area contributed by atoms with Crippen molar-refractivity contribution in [3.63, 3.8) is 0 Å². The lowest BCUT2D eigenvalue weighted by Gasteiger charge is -2.37. The minimum absolute atomic E-state index is 0.175. The summed E-state index contributed by atoms with van der Waals surface area (Å²) in [6, 6.07) is 15.4. The Hall–Kier alpha value is -3.21. The lowest BCUT2D eigenvalue weighted by molar-refractivity contribution is -0.119. The Morgan fingerprint density at radius 2 is 1.83 bits per heavy atom. The fourth-order valence-corrected chi connectivity index (χ4v) is 5.08. The third-order valence-corrected chi connectivity index (χ3v) is 7.67. The van der Waals surface area contributed by atoms with Gasteiger partial charge in [0.05, 0.1) is 11.1 Å². The summed E-state index contributed by atoms with van der Waals surface area (Å²) in [5, 5.41) is 3.69. The molecule has 5 heteroatoms. The van der Waals surface area contributed by atoms with Crippen molar-refractivity contribution in [1.82, 2.24) is 4.98 Å². The SMILES string of the molecule is CCC(C)(C)C1CCc2nc3ccccc3c(C(=O)OCC(=O)Nc3ccccc3C(C)C)c2C1. The van der Waals surface area contributed by atoms with Crippen LogP contribution in [0.3, 0.4) is 0 Å². The van der Waals surface area contributed by atoms with Crippen LogP contribution in [0, 0.1) is 11.3 Å². The van der Waals surface area contributed by atoms with Gasteiger partial charge >= 0.3 is 5.97 Å². The Morgan fingerprint density at radius 3 is 2.57 bits per heavy atom. The van der Waals surface area contributed by atoms with Crippen molar-refractivity contribution in [2.45, 2.75) is 66.2 Å². The standard InChI is InChI=1S/C30H36N2O3/c1-6-30(4,5)20-15-16-26-23(17-20)28(22-12-8-10-14-25(22)31-26)29(34)35-18-27(33)32-24-13-9-7-11-21(24)19(2)3/h7-14,19-20H,6,15-18H2,1-5H3,(H,32,33). The van der Waals surface area contributed by atoms with Gasteiger partial charge in [0.15, 0.2) is 6.61 Å². The summed E-state index contributed by atoms with van der Waals surface area (Å²) >= 11 is 0. The number of amides is 1. The Balaban J connectivity index is 1.59. The van der Waals surface area contributed by atoms with E-state index in [0.717, 1.165) is 59.1 Å².